The fraction of sp³-hybridized carbons (Fsp3) is 0.364. The van der Waals surface area contributed by atoms with Crippen LogP contribution in [-0.2, 0) is 18.4 Å². The lowest BCUT2D eigenvalue weighted by Gasteiger charge is -2.27. The van der Waals surface area contributed by atoms with Crippen molar-refractivity contribution in [3.05, 3.63) is 58.5 Å². The van der Waals surface area contributed by atoms with Crippen molar-refractivity contribution in [2.45, 2.75) is 25.4 Å². The molecule has 0 radical (unpaired) electrons. The van der Waals surface area contributed by atoms with Crippen molar-refractivity contribution in [3.63, 3.8) is 0 Å². The number of hydrogen-bond acceptors (Lipinski definition) is 4. The third-order valence-electron chi connectivity index (χ3n) is 5.87. The van der Waals surface area contributed by atoms with E-state index in [9.17, 15) is 9.59 Å². The fourth-order valence-electron chi connectivity index (χ4n) is 4.42. The maximum Gasteiger partial charge on any atom is 0.329 e. The molecule has 2 aliphatic heterocycles. The molecule has 1 atom stereocenters. The molecule has 150 valence electrons. The lowest BCUT2D eigenvalue weighted by molar-refractivity contribution is -0.132. The maximum absolute atomic E-state index is 13.2. The molecule has 0 bridgehead atoms. The van der Waals surface area contributed by atoms with Crippen LogP contribution in [0.25, 0.3) is 11.0 Å². The monoisotopic (exact) mass is 393 g/mol. The van der Waals surface area contributed by atoms with Crippen LogP contribution in [0.2, 0.25) is 0 Å². The van der Waals surface area contributed by atoms with Gasteiger partial charge in [0.2, 0.25) is 5.91 Å². The third-order valence-corrected chi connectivity index (χ3v) is 5.87. The summed E-state index contributed by atoms with van der Waals surface area (Å²) in [6.45, 7) is 1.83. The van der Waals surface area contributed by atoms with E-state index >= 15 is 0 Å². The highest BCUT2D eigenvalue weighted by Gasteiger charge is 2.31. The SMILES string of the molecule is Cn1c(=O)n(CC(=O)N2CCCC2c2ccc3c(c2)OCCO3)c2ccccc21. The van der Waals surface area contributed by atoms with Crippen molar-refractivity contribution in [1.82, 2.24) is 14.0 Å². The number of carbonyl (C=O) groups is 1. The number of ether oxygens (including phenoxy) is 2. The largest absolute Gasteiger partial charge is 0.486 e. The summed E-state index contributed by atoms with van der Waals surface area (Å²) in [5.41, 5.74) is 2.48. The zero-order valence-electron chi connectivity index (χ0n) is 16.3. The number of aromatic nitrogens is 2. The van der Waals surface area contributed by atoms with Crippen LogP contribution in [0, 0.1) is 0 Å². The second-order valence-corrected chi connectivity index (χ2v) is 7.56. The van der Waals surface area contributed by atoms with Crippen molar-refractivity contribution in [2.75, 3.05) is 19.8 Å². The Balaban J connectivity index is 1.43. The van der Waals surface area contributed by atoms with Crippen molar-refractivity contribution >= 4 is 16.9 Å². The quantitative estimate of drug-likeness (QED) is 0.686. The first-order valence-corrected chi connectivity index (χ1v) is 9.97. The Morgan fingerprint density at radius 1 is 1.07 bits per heavy atom. The number of amides is 1. The molecule has 1 aromatic heterocycles. The van der Waals surface area contributed by atoms with Crippen LogP contribution in [0.5, 0.6) is 11.5 Å². The number of imidazole rings is 1. The summed E-state index contributed by atoms with van der Waals surface area (Å²) in [6.07, 6.45) is 1.84. The number of nitrogens with zero attached hydrogens (tertiary/aromatic N) is 3. The zero-order valence-corrected chi connectivity index (χ0v) is 16.3. The van der Waals surface area contributed by atoms with Crippen LogP contribution in [0.4, 0.5) is 0 Å². The van der Waals surface area contributed by atoms with Gasteiger partial charge in [-0.15, -0.1) is 0 Å². The minimum absolute atomic E-state index is 0.0102. The van der Waals surface area contributed by atoms with Crippen LogP contribution < -0.4 is 15.2 Å². The highest BCUT2D eigenvalue weighted by Crippen LogP contribution is 2.38. The van der Waals surface area contributed by atoms with Crippen LogP contribution in [0.3, 0.4) is 0 Å². The van der Waals surface area contributed by atoms with E-state index in [0.29, 0.717) is 19.8 Å². The average molecular weight is 393 g/mol. The predicted molar refractivity (Wildman–Crippen MR) is 108 cm³/mol. The molecular weight excluding hydrogens is 370 g/mol. The minimum Gasteiger partial charge on any atom is -0.486 e. The number of aryl methyl sites for hydroxylation is 1. The molecule has 5 rings (SSSR count). The summed E-state index contributed by atoms with van der Waals surface area (Å²) >= 11 is 0. The molecule has 0 N–H and O–H groups in total. The fourth-order valence-corrected chi connectivity index (χ4v) is 4.42. The topological polar surface area (TPSA) is 65.7 Å². The van der Waals surface area contributed by atoms with Crippen molar-refractivity contribution < 1.29 is 14.3 Å². The second-order valence-electron chi connectivity index (χ2n) is 7.56. The van der Waals surface area contributed by atoms with Gasteiger partial charge < -0.3 is 14.4 Å². The third kappa shape index (κ3) is 2.97. The molecule has 1 fully saturated rings. The van der Waals surface area contributed by atoms with Gasteiger partial charge in [0, 0.05) is 13.6 Å². The van der Waals surface area contributed by atoms with Crippen LogP contribution in [-0.4, -0.2) is 39.7 Å². The molecule has 3 heterocycles. The van der Waals surface area contributed by atoms with Gasteiger partial charge >= 0.3 is 5.69 Å². The van der Waals surface area contributed by atoms with Gasteiger partial charge in [-0.1, -0.05) is 18.2 Å². The zero-order chi connectivity index (χ0) is 20.0. The number of hydrogen-bond donors (Lipinski definition) is 0. The molecular formula is C22H23N3O4. The van der Waals surface area contributed by atoms with Gasteiger partial charge in [0.1, 0.15) is 19.8 Å². The van der Waals surface area contributed by atoms with Crippen LogP contribution in [0.15, 0.2) is 47.3 Å². The number of benzene rings is 2. The highest BCUT2D eigenvalue weighted by molar-refractivity contribution is 5.81. The van der Waals surface area contributed by atoms with Crippen LogP contribution in [0.1, 0.15) is 24.4 Å². The summed E-state index contributed by atoms with van der Waals surface area (Å²) in [4.78, 5) is 27.8. The molecule has 3 aromatic rings. The van der Waals surface area contributed by atoms with Gasteiger partial charge in [-0.05, 0) is 42.7 Å². The molecule has 7 heteroatoms. The molecule has 0 spiro atoms. The molecule has 1 amide bonds. The summed E-state index contributed by atoms with van der Waals surface area (Å²) in [6, 6.07) is 13.5. The van der Waals surface area contributed by atoms with E-state index in [1.165, 1.54) is 0 Å². The molecule has 29 heavy (non-hydrogen) atoms. The lowest BCUT2D eigenvalue weighted by atomic mass is 10.0. The number of para-hydroxylation sites is 2. The van der Waals surface area contributed by atoms with E-state index in [-0.39, 0.29) is 24.2 Å². The number of fused-ring (bicyclic) bond motifs is 2. The summed E-state index contributed by atoms with van der Waals surface area (Å²) < 4.78 is 14.5. The van der Waals surface area contributed by atoms with Gasteiger partial charge in [-0.25, -0.2) is 4.79 Å². The Morgan fingerprint density at radius 2 is 1.83 bits per heavy atom. The standard InChI is InChI=1S/C22H23N3O4/c1-23-17-5-2-3-6-18(17)25(22(23)27)14-21(26)24-10-4-7-16(24)15-8-9-19-20(13-15)29-12-11-28-19/h2-3,5-6,8-9,13,16H,4,7,10-12,14H2,1H3. The molecule has 0 saturated carbocycles. The predicted octanol–water partition coefficient (Wildman–Crippen LogP) is 2.47. The average Bonchev–Trinajstić information content (AvgIpc) is 3.34. The van der Waals surface area contributed by atoms with Gasteiger partial charge in [0.25, 0.3) is 0 Å². The Hall–Kier alpha value is -3.22. The van der Waals surface area contributed by atoms with Crippen molar-refractivity contribution in [3.8, 4) is 11.5 Å². The normalized spacial score (nSPS) is 18.4. The Bertz CT molecular complexity index is 1150. The van der Waals surface area contributed by atoms with Crippen molar-refractivity contribution in [2.24, 2.45) is 7.05 Å². The number of likely N-dealkylation sites (tertiary alicyclic amines) is 1. The van der Waals surface area contributed by atoms with Gasteiger partial charge in [0.05, 0.1) is 17.1 Å². The number of carbonyl (C=O) groups excluding carboxylic acids is 1. The smallest absolute Gasteiger partial charge is 0.329 e. The van der Waals surface area contributed by atoms with Gasteiger partial charge in [-0.2, -0.15) is 0 Å². The van der Waals surface area contributed by atoms with Crippen molar-refractivity contribution in [1.29, 1.82) is 0 Å². The van der Waals surface area contributed by atoms with E-state index in [2.05, 4.69) is 0 Å². The Morgan fingerprint density at radius 3 is 2.66 bits per heavy atom. The van der Waals surface area contributed by atoms with E-state index in [4.69, 9.17) is 9.47 Å². The highest BCUT2D eigenvalue weighted by atomic mass is 16.6. The van der Waals surface area contributed by atoms with Gasteiger partial charge in [-0.3, -0.25) is 13.9 Å². The van der Waals surface area contributed by atoms with E-state index in [1.54, 1.807) is 16.2 Å². The first-order valence-electron chi connectivity index (χ1n) is 9.97. The molecule has 7 nitrogen and oxygen atoms in total. The molecule has 0 aliphatic carbocycles. The van der Waals surface area contributed by atoms with Gasteiger partial charge in [0.15, 0.2) is 11.5 Å². The first-order chi connectivity index (χ1) is 14.1. The summed E-state index contributed by atoms with van der Waals surface area (Å²) in [5.74, 6) is 1.44. The molecule has 2 aliphatic rings. The van der Waals surface area contributed by atoms with E-state index < -0.39 is 0 Å². The molecule has 2 aromatic carbocycles. The lowest BCUT2D eigenvalue weighted by Crippen LogP contribution is -2.36. The van der Waals surface area contributed by atoms with Crippen LogP contribution >= 0.6 is 0 Å². The summed E-state index contributed by atoms with van der Waals surface area (Å²) in [7, 11) is 1.74. The number of rotatable bonds is 3. The minimum atomic E-state index is -0.172. The maximum atomic E-state index is 13.2. The van der Waals surface area contributed by atoms with E-state index in [0.717, 1.165) is 40.9 Å². The summed E-state index contributed by atoms with van der Waals surface area (Å²) in [5, 5.41) is 0. The first kappa shape index (κ1) is 17.8. The molecule has 1 saturated heterocycles. The second kappa shape index (κ2) is 6.99. The van der Waals surface area contributed by atoms with E-state index in [1.807, 2.05) is 47.4 Å². The Labute approximate surface area is 168 Å². The Kier molecular flexibility index (Phi) is 4.30. The molecule has 1 unspecified atom stereocenters.